The van der Waals surface area contributed by atoms with E-state index in [1.54, 1.807) is 16.0 Å². The van der Waals surface area contributed by atoms with Gasteiger partial charge in [-0.3, -0.25) is 14.4 Å². The highest BCUT2D eigenvalue weighted by atomic mass is 32.1. The molecule has 28 heavy (non-hydrogen) atoms. The van der Waals surface area contributed by atoms with E-state index in [1.807, 2.05) is 33.9 Å². The molecule has 0 unspecified atom stereocenters. The standard InChI is InChI=1S/C21H27N5OS/c1-13-19(14(2)25(4)24-13)23-20(27)15(3)26-11-7-8-16(12-26)21-22-17-9-5-6-10-18(17)28-21/h5-6,9-10,15-16H,7-8,11-12H2,1-4H3,(H,23,27)/t15-,16+/m1/s1. The summed E-state index contributed by atoms with van der Waals surface area (Å²) in [5.74, 6) is 0.424. The summed E-state index contributed by atoms with van der Waals surface area (Å²) in [5.41, 5.74) is 3.74. The number of hydrogen-bond donors (Lipinski definition) is 1. The first-order valence-corrected chi connectivity index (χ1v) is 10.7. The van der Waals surface area contributed by atoms with Gasteiger partial charge in [0.05, 0.1) is 38.3 Å². The van der Waals surface area contributed by atoms with Crippen LogP contribution in [-0.2, 0) is 11.8 Å². The van der Waals surface area contributed by atoms with Crippen molar-refractivity contribution in [3.8, 4) is 0 Å². The minimum atomic E-state index is -0.184. The zero-order valence-corrected chi connectivity index (χ0v) is 17.7. The number of benzene rings is 1. The summed E-state index contributed by atoms with van der Waals surface area (Å²) in [6.45, 7) is 7.72. The number of carbonyl (C=O) groups excluding carboxylic acids is 1. The third-order valence-corrected chi connectivity index (χ3v) is 7.00. The van der Waals surface area contributed by atoms with Crippen LogP contribution >= 0.6 is 11.3 Å². The number of nitrogens with zero attached hydrogens (tertiary/aromatic N) is 4. The summed E-state index contributed by atoms with van der Waals surface area (Å²) in [4.78, 5) is 20.0. The van der Waals surface area contributed by atoms with Gasteiger partial charge in [-0.25, -0.2) is 4.98 Å². The molecule has 6 nitrogen and oxygen atoms in total. The van der Waals surface area contributed by atoms with Crippen molar-refractivity contribution in [1.29, 1.82) is 0 Å². The molecule has 2 atom stereocenters. The first kappa shape index (κ1) is 19.1. The van der Waals surface area contributed by atoms with E-state index in [4.69, 9.17) is 4.98 Å². The highest BCUT2D eigenvalue weighted by Crippen LogP contribution is 2.33. The number of fused-ring (bicyclic) bond motifs is 1. The van der Waals surface area contributed by atoms with Crippen LogP contribution in [0.5, 0.6) is 0 Å². The first-order valence-electron chi connectivity index (χ1n) is 9.84. The van der Waals surface area contributed by atoms with Crippen molar-refractivity contribution in [3.05, 3.63) is 40.7 Å². The fourth-order valence-electron chi connectivity index (χ4n) is 3.97. The molecule has 1 saturated heterocycles. The molecule has 7 heteroatoms. The van der Waals surface area contributed by atoms with Crippen LogP contribution in [0.2, 0.25) is 0 Å². The second-order valence-electron chi connectivity index (χ2n) is 7.69. The number of piperidine rings is 1. The van der Waals surface area contributed by atoms with Gasteiger partial charge in [0, 0.05) is 19.5 Å². The second kappa shape index (κ2) is 7.64. The Morgan fingerprint density at radius 1 is 1.32 bits per heavy atom. The Hall–Kier alpha value is -2.25. The molecule has 0 aliphatic carbocycles. The number of rotatable bonds is 4. The average molecular weight is 398 g/mol. The molecule has 2 aromatic heterocycles. The Morgan fingerprint density at radius 3 is 2.82 bits per heavy atom. The van der Waals surface area contributed by atoms with Crippen LogP contribution in [0.25, 0.3) is 10.2 Å². The molecule has 1 aliphatic rings. The lowest BCUT2D eigenvalue weighted by molar-refractivity contribution is -0.121. The molecule has 0 spiro atoms. The van der Waals surface area contributed by atoms with Gasteiger partial charge in [0.25, 0.3) is 0 Å². The number of para-hydroxylation sites is 1. The molecular formula is C21H27N5OS. The van der Waals surface area contributed by atoms with E-state index >= 15 is 0 Å². The number of aromatic nitrogens is 3. The van der Waals surface area contributed by atoms with E-state index in [2.05, 4.69) is 33.5 Å². The maximum atomic E-state index is 12.9. The fourth-order valence-corrected chi connectivity index (χ4v) is 5.07. The number of anilines is 1. The van der Waals surface area contributed by atoms with E-state index in [9.17, 15) is 4.79 Å². The molecule has 1 aromatic carbocycles. The van der Waals surface area contributed by atoms with Crippen molar-refractivity contribution in [2.75, 3.05) is 18.4 Å². The Labute approximate surface area is 169 Å². The lowest BCUT2D eigenvalue weighted by atomic mass is 9.97. The number of likely N-dealkylation sites (tertiary alicyclic amines) is 1. The van der Waals surface area contributed by atoms with Crippen molar-refractivity contribution in [2.45, 2.75) is 45.6 Å². The number of thiazole rings is 1. The van der Waals surface area contributed by atoms with Gasteiger partial charge in [-0.05, 0) is 52.3 Å². The molecule has 3 aromatic rings. The van der Waals surface area contributed by atoms with Crippen molar-refractivity contribution >= 4 is 33.1 Å². The van der Waals surface area contributed by atoms with E-state index in [0.29, 0.717) is 5.92 Å². The third kappa shape index (κ3) is 3.56. The minimum absolute atomic E-state index is 0.0316. The molecule has 1 fully saturated rings. The van der Waals surface area contributed by atoms with Crippen LogP contribution in [0, 0.1) is 13.8 Å². The summed E-state index contributed by atoms with van der Waals surface area (Å²) in [7, 11) is 1.90. The Morgan fingerprint density at radius 2 is 2.11 bits per heavy atom. The number of aryl methyl sites for hydroxylation is 2. The lowest BCUT2D eigenvalue weighted by Crippen LogP contribution is -2.46. The lowest BCUT2D eigenvalue weighted by Gasteiger charge is -2.35. The quantitative estimate of drug-likeness (QED) is 0.726. The van der Waals surface area contributed by atoms with Crippen LogP contribution < -0.4 is 5.32 Å². The molecule has 0 radical (unpaired) electrons. The number of nitrogens with one attached hydrogen (secondary N) is 1. The van der Waals surface area contributed by atoms with Crippen molar-refractivity contribution < 1.29 is 4.79 Å². The fraction of sp³-hybridized carbons (Fsp3) is 0.476. The van der Waals surface area contributed by atoms with E-state index in [0.717, 1.165) is 48.5 Å². The van der Waals surface area contributed by atoms with Crippen LogP contribution in [0.4, 0.5) is 5.69 Å². The molecule has 4 rings (SSSR count). The summed E-state index contributed by atoms with van der Waals surface area (Å²) >= 11 is 1.79. The van der Waals surface area contributed by atoms with Crippen LogP contribution in [0.15, 0.2) is 24.3 Å². The van der Waals surface area contributed by atoms with Gasteiger partial charge in [0.1, 0.15) is 0 Å². The zero-order chi connectivity index (χ0) is 19.8. The molecule has 148 valence electrons. The van der Waals surface area contributed by atoms with Gasteiger partial charge in [-0.2, -0.15) is 5.10 Å². The zero-order valence-electron chi connectivity index (χ0n) is 16.9. The van der Waals surface area contributed by atoms with Gasteiger partial charge >= 0.3 is 0 Å². The van der Waals surface area contributed by atoms with Gasteiger partial charge in [-0.1, -0.05) is 12.1 Å². The molecular weight excluding hydrogens is 370 g/mol. The van der Waals surface area contributed by atoms with Crippen molar-refractivity contribution in [3.63, 3.8) is 0 Å². The molecule has 1 N–H and O–H groups in total. The van der Waals surface area contributed by atoms with Crippen molar-refractivity contribution in [1.82, 2.24) is 19.7 Å². The second-order valence-corrected chi connectivity index (χ2v) is 8.75. The molecule has 1 amide bonds. The molecule has 1 aliphatic heterocycles. The molecule has 3 heterocycles. The van der Waals surface area contributed by atoms with Gasteiger partial charge in [-0.15, -0.1) is 11.3 Å². The Bertz CT molecular complexity index is 975. The number of hydrogen-bond acceptors (Lipinski definition) is 5. The van der Waals surface area contributed by atoms with Gasteiger partial charge < -0.3 is 5.32 Å². The summed E-state index contributed by atoms with van der Waals surface area (Å²) in [5, 5.41) is 8.68. The van der Waals surface area contributed by atoms with E-state index in [-0.39, 0.29) is 11.9 Å². The number of amides is 1. The monoisotopic (exact) mass is 397 g/mol. The normalized spacial score (nSPS) is 19.1. The maximum absolute atomic E-state index is 12.9. The Balaban J connectivity index is 1.46. The van der Waals surface area contributed by atoms with E-state index < -0.39 is 0 Å². The van der Waals surface area contributed by atoms with Crippen LogP contribution in [0.3, 0.4) is 0 Å². The average Bonchev–Trinajstić information content (AvgIpc) is 3.24. The van der Waals surface area contributed by atoms with Gasteiger partial charge in [0.15, 0.2) is 0 Å². The topological polar surface area (TPSA) is 63.1 Å². The molecule has 0 saturated carbocycles. The largest absolute Gasteiger partial charge is 0.322 e. The van der Waals surface area contributed by atoms with Gasteiger partial charge in [0.2, 0.25) is 5.91 Å². The summed E-state index contributed by atoms with van der Waals surface area (Å²) in [6, 6.07) is 8.12. The minimum Gasteiger partial charge on any atom is -0.322 e. The predicted octanol–water partition coefficient (Wildman–Crippen LogP) is 3.85. The highest BCUT2D eigenvalue weighted by molar-refractivity contribution is 7.18. The third-order valence-electron chi connectivity index (χ3n) is 5.80. The maximum Gasteiger partial charge on any atom is 0.241 e. The smallest absolute Gasteiger partial charge is 0.241 e. The van der Waals surface area contributed by atoms with Crippen LogP contribution in [-0.4, -0.2) is 44.7 Å². The first-order chi connectivity index (χ1) is 13.4. The van der Waals surface area contributed by atoms with Crippen molar-refractivity contribution in [2.24, 2.45) is 7.05 Å². The predicted molar refractivity (Wildman–Crippen MR) is 114 cm³/mol. The SMILES string of the molecule is Cc1nn(C)c(C)c1NC(=O)[C@@H](C)N1CCC[C@H](c2nc3ccccc3s2)C1. The Kier molecular flexibility index (Phi) is 5.21. The van der Waals surface area contributed by atoms with Crippen LogP contribution in [0.1, 0.15) is 42.1 Å². The molecule has 0 bridgehead atoms. The van der Waals surface area contributed by atoms with E-state index in [1.165, 1.54) is 9.71 Å². The highest BCUT2D eigenvalue weighted by Gasteiger charge is 2.30. The summed E-state index contributed by atoms with van der Waals surface area (Å²) < 4.78 is 3.04. The number of carbonyl (C=O) groups is 1. The summed E-state index contributed by atoms with van der Waals surface area (Å²) in [6.07, 6.45) is 2.22.